The SMILES string of the molecule is Cc1ccc2cc(CCNS(=O)(=O)c3ccc(C(C)C)cc3)c(=O)[nH]c2c1. The summed E-state index contributed by atoms with van der Waals surface area (Å²) in [6.45, 7) is 6.25. The van der Waals surface area contributed by atoms with Crippen LogP contribution in [0.3, 0.4) is 0 Å². The molecule has 0 fully saturated rings. The van der Waals surface area contributed by atoms with E-state index in [1.807, 2.05) is 43.3 Å². The van der Waals surface area contributed by atoms with E-state index in [1.165, 1.54) is 0 Å². The molecule has 0 aliphatic carbocycles. The van der Waals surface area contributed by atoms with Crippen LogP contribution in [0.25, 0.3) is 10.9 Å². The zero-order valence-electron chi connectivity index (χ0n) is 15.7. The van der Waals surface area contributed by atoms with E-state index in [-0.39, 0.29) is 17.0 Å². The molecule has 2 N–H and O–H groups in total. The van der Waals surface area contributed by atoms with Gasteiger partial charge >= 0.3 is 0 Å². The van der Waals surface area contributed by atoms with Gasteiger partial charge in [0.2, 0.25) is 10.0 Å². The summed E-state index contributed by atoms with van der Waals surface area (Å²) in [6, 6.07) is 14.6. The van der Waals surface area contributed by atoms with Crippen molar-refractivity contribution in [1.82, 2.24) is 9.71 Å². The number of aromatic amines is 1. The van der Waals surface area contributed by atoms with Crippen LogP contribution in [0.1, 0.15) is 36.5 Å². The van der Waals surface area contributed by atoms with Gasteiger partial charge in [-0.25, -0.2) is 13.1 Å². The van der Waals surface area contributed by atoms with Gasteiger partial charge in [-0.15, -0.1) is 0 Å². The third-order valence-corrected chi connectivity index (χ3v) is 6.10. The lowest BCUT2D eigenvalue weighted by Gasteiger charge is -2.09. The standard InChI is InChI=1S/C21H24N2O3S/c1-14(2)16-6-8-19(9-7-16)27(25,26)22-11-10-18-13-17-5-4-15(3)12-20(17)23-21(18)24/h4-9,12-14,22H,10-11H2,1-3H3,(H,23,24). The predicted molar refractivity (Wildman–Crippen MR) is 109 cm³/mol. The molecule has 1 aromatic heterocycles. The number of aromatic nitrogens is 1. The molecule has 0 aliphatic heterocycles. The lowest BCUT2D eigenvalue weighted by molar-refractivity contribution is 0.581. The molecule has 2 aromatic carbocycles. The molecule has 0 aliphatic rings. The van der Waals surface area contributed by atoms with Gasteiger partial charge in [0.15, 0.2) is 0 Å². The average Bonchev–Trinajstić information content (AvgIpc) is 2.62. The Kier molecular flexibility index (Phi) is 5.48. The minimum absolute atomic E-state index is 0.161. The molecule has 3 rings (SSSR count). The number of nitrogens with one attached hydrogen (secondary N) is 2. The van der Waals surface area contributed by atoms with E-state index >= 15 is 0 Å². The van der Waals surface area contributed by atoms with E-state index in [9.17, 15) is 13.2 Å². The van der Waals surface area contributed by atoms with Gasteiger partial charge in [0.05, 0.1) is 4.90 Å². The number of aryl methyl sites for hydroxylation is 1. The van der Waals surface area contributed by atoms with Crippen LogP contribution < -0.4 is 10.3 Å². The number of hydrogen-bond acceptors (Lipinski definition) is 3. The number of rotatable bonds is 6. The van der Waals surface area contributed by atoms with Crippen molar-refractivity contribution in [3.63, 3.8) is 0 Å². The first kappa shape index (κ1) is 19.3. The Morgan fingerprint density at radius 2 is 1.74 bits per heavy atom. The molecule has 142 valence electrons. The van der Waals surface area contributed by atoms with E-state index in [0.29, 0.717) is 17.9 Å². The topological polar surface area (TPSA) is 79.0 Å². The fourth-order valence-electron chi connectivity index (χ4n) is 2.98. The summed E-state index contributed by atoms with van der Waals surface area (Å²) in [7, 11) is -3.60. The zero-order valence-corrected chi connectivity index (χ0v) is 16.6. The second-order valence-corrected chi connectivity index (χ2v) is 8.85. The van der Waals surface area contributed by atoms with Crippen molar-refractivity contribution in [3.8, 4) is 0 Å². The van der Waals surface area contributed by atoms with E-state index in [0.717, 1.165) is 22.0 Å². The summed E-state index contributed by atoms with van der Waals surface area (Å²) >= 11 is 0. The van der Waals surface area contributed by atoms with Crippen LogP contribution in [0.5, 0.6) is 0 Å². The Morgan fingerprint density at radius 1 is 1.04 bits per heavy atom. The number of hydrogen-bond donors (Lipinski definition) is 2. The highest BCUT2D eigenvalue weighted by molar-refractivity contribution is 7.89. The highest BCUT2D eigenvalue weighted by atomic mass is 32.2. The largest absolute Gasteiger partial charge is 0.322 e. The van der Waals surface area contributed by atoms with Crippen LogP contribution in [-0.4, -0.2) is 19.9 Å². The Morgan fingerprint density at radius 3 is 2.41 bits per heavy atom. The summed E-state index contributed by atoms with van der Waals surface area (Å²) in [5.41, 5.74) is 3.32. The van der Waals surface area contributed by atoms with Crippen LogP contribution in [0.15, 0.2) is 58.2 Å². The molecule has 0 saturated carbocycles. The first-order valence-corrected chi connectivity index (χ1v) is 10.5. The zero-order chi connectivity index (χ0) is 19.6. The Balaban J connectivity index is 1.71. The summed E-state index contributed by atoms with van der Waals surface area (Å²) in [6.07, 6.45) is 0.322. The molecule has 0 spiro atoms. The second kappa shape index (κ2) is 7.66. The van der Waals surface area contributed by atoms with Crippen molar-refractivity contribution in [2.24, 2.45) is 0 Å². The van der Waals surface area contributed by atoms with Gasteiger partial charge in [0, 0.05) is 17.6 Å². The molecular weight excluding hydrogens is 360 g/mol. The summed E-state index contributed by atoms with van der Waals surface area (Å²) in [5, 5.41) is 0.933. The fourth-order valence-corrected chi connectivity index (χ4v) is 4.01. The molecule has 0 unspecified atom stereocenters. The van der Waals surface area contributed by atoms with Gasteiger partial charge in [-0.2, -0.15) is 0 Å². The van der Waals surface area contributed by atoms with Crippen molar-refractivity contribution < 1.29 is 8.42 Å². The maximum Gasteiger partial charge on any atom is 0.251 e. The molecule has 27 heavy (non-hydrogen) atoms. The maximum absolute atomic E-state index is 12.4. The second-order valence-electron chi connectivity index (χ2n) is 7.09. The molecule has 0 atom stereocenters. The minimum Gasteiger partial charge on any atom is -0.322 e. The third-order valence-electron chi connectivity index (χ3n) is 4.62. The quantitative estimate of drug-likeness (QED) is 0.683. The third kappa shape index (κ3) is 4.46. The van der Waals surface area contributed by atoms with Crippen molar-refractivity contribution in [2.45, 2.75) is 38.0 Å². The van der Waals surface area contributed by atoms with E-state index in [2.05, 4.69) is 23.6 Å². The van der Waals surface area contributed by atoms with Gasteiger partial charge in [-0.05, 0) is 60.0 Å². The summed E-state index contributed by atoms with van der Waals surface area (Å²) in [4.78, 5) is 15.3. The minimum atomic E-state index is -3.60. The summed E-state index contributed by atoms with van der Waals surface area (Å²) in [5.74, 6) is 0.345. The molecule has 6 heteroatoms. The lowest BCUT2D eigenvalue weighted by Crippen LogP contribution is -2.27. The van der Waals surface area contributed by atoms with Gasteiger partial charge in [0.25, 0.3) is 5.56 Å². The van der Waals surface area contributed by atoms with Crippen LogP contribution in [0.2, 0.25) is 0 Å². The van der Waals surface area contributed by atoms with Crippen molar-refractivity contribution in [3.05, 3.63) is 75.6 Å². The normalized spacial score (nSPS) is 12.0. The first-order valence-electron chi connectivity index (χ1n) is 8.98. The van der Waals surface area contributed by atoms with Crippen LogP contribution in [0.4, 0.5) is 0 Å². The molecule has 1 heterocycles. The van der Waals surface area contributed by atoms with Gasteiger partial charge in [-0.1, -0.05) is 38.1 Å². The van der Waals surface area contributed by atoms with E-state index in [1.54, 1.807) is 12.1 Å². The van der Waals surface area contributed by atoms with E-state index in [4.69, 9.17) is 0 Å². The first-order chi connectivity index (χ1) is 12.8. The van der Waals surface area contributed by atoms with Gasteiger partial charge in [0.1, 0.15) is 0 Å². The molecular formula is C21H24N2O3S. The lowest BCUT2D eigenvalue weighted by atomic mass is 10.0. The smallest absolute Gasteiger partial charge is 0.251 e. The van der Waals surface area contributed by atoms with Gasteiger partial charge in [-0.3, -0.25) is 4.79 Å². The Hall–Kier alpha value is -2.44. The maximum atomic E-state index is 12.4. The molecule has 3 aromatic rings. The van der Waals surface area contributed by atoms with Crippen molar-refractivity contribution >= 4 is 20.9 Å². The molecule has 0 bridgehead atoms. The molecule has 0 amide bonds. The summed E-state index contributed by atoms with van der Waals surface area (Å²) < 4.78 is 27.5. The van der Waals surface area contributed by atoms with Crippen molar-refractivity contribution in [1.29, 1.82) is 0 Å². The molecule has 0 radical (unpaired) electrons. The molecule has 5 nitrogen and oxygen atoms in total. The number of fused-ring (bicyclic) bond motifs is 1. The highest BCUT2D eigenvalue weighted by Gasteiger charge is 2.14. The van der Waals surface area contributed by atoms with Crippen LogP contribution >= 0.6 is 0 Å². The van der Waals surface area contributed by atoms with Crippen LogP contribution in [-0.2, 0) is 16.4 Å². The average molecular weight is 385 g/mol. The van der Waals surface area contributed by atoms with Crippen LogP contribution in [0, 0.1) is 6.92 Å². The Labute approximate surface area is 159 Å². The number of benzene rings is 2. The van der Waals surface area contributed by atoms with Crippen molar-refractivity contribution in [2.75, 3.05) is 6.54 Å². The number of pyridine rings is 1. The van der Waals surface area contributed by atoms with Gasteiger partial charge < -0.3 is 4.98 Å². The predicted octanol–water partition coefficient (Wildman–Crippen LogP) is 3.48. The monoisotopic (exact) mass is 384 g/mol. The van der Waals surface area contributed by atoms with E-state index < -0.39 is 10.0 Å². The highest BCUT2D eigenvalue weighted by Crippen LogP contribution is 2.17. The fraction of sp³-hybridized carbons (Fsp3) is 0.286. The molecule has 0 saturated heterocycles. The Bertz CT molecular complexity index is 1110. The number of H-pyrrole nitrogens is 1. The number of sulfonamides is 1.